The highest BCUT2D eigenvalue weighted by Gasteiger charge is 2.65. The van der Waals surface area contributed by atoms with Gasteiger partial charge in [0.1, 0.15) is 28.6 Å². The van der Waals surface area contributed by atoms with Crippen LogP contribution in [0.25, 0.3) is 0 Å². The van der Waals surface area contributed by atoms with Crippen LogP contribution in [-0.4, -0.2) is 40.4 Å². The number of rotatable bonds is 7. The number of anilines is 1. The maximum Gasteiger partial charge on any atom is 0.330 e. The Morgan fingerprint density at radius 2 is 1.61 bits per heavy atom. The molecule has 44 heavy (non-hydrogen) atoms. The summed E-state index contributed by atoms with van der Waals surface area (Å²) < 4.78 is 24.7. The minimum Gasteiger partial charge on any atom is -0.497 e. The number of urea groups is 1. The lowest BCUT2D eigenvalue weighted by atomic mass is 9.71. The Morgan fingerprint density at radius 1 is 1.00 bits per heavy atom. The van der Waals surface area contributed by atoms with Crippen molar-refractivity contribution in [2.24, 2.45) is 5.92 Å². The molecule has 0 radical (unpaired) electrons. The second-order valence-electron chi connectivity index (χ2n) is 10.9. The predicted molar refractivity (Wildman–Crippen MR) is 159 cm³/mol. The first kappa shape index (κ1) is 30.0. The van der Waals surface area contributed by atoms with Crippen LogP contribution in [-0.2, 0) is 4.79 Å². The minimum absolute atomic E-state index is 0.236. The first-order valence-electron chi connectivity index (χ1n) is 13.8. The normalized spacial score (nSPS) is 21.0. The second kappa shape index (κ2) is 11.7. The number of aliphatic carboxylic acids is 1. The van der Waals surface area contributed by atoms with Crippen LogP contribution in [0, 0.1) is 36.9 Å². The van der Waals surface area contributed by atoms with Crippen LogP contribution in [0.1, 0.15) is 57.5 Å². The molecule has 0 saturated carbocycles. The van der Waals surface area contributed by atoms with Crippen LogP contribution in [0.2, 0.25) is 0 Å². The Balaban J connectivity index is 1.78. The number of halogens is 1. The number of likely N-dealkylation sites (tertiary alicyclic amines) is 1. The van der Waals surface area contributed by atoms with Gasteiger partial charge in [0.25, 0.3) is 0 Å². The molecule has 4 unspecified atom stereocenters. The summed E-state index contributed by atoms with van der Waals surface area (Å²) in [6, 6.07) is 19.9. The van der Waals surface area contributed by atoms with Gasteiger partial charge in [0.15, 0.2) is 5.78 Å². The number of ketones is 1. The summed E-state index contributed by atoms with van der Waals surface area (Å²) in [6.45, 7) is 4.79. The molecule has 0 bridgehead atoms. The number of carbonyl (C=O) groups is 3. The van der Waals surface area contributed by atoms with E-state index in [1.165, 1.54) is 43.2 Å². The Kier molecular flexibility index (Phi) is 7.98. The van der Waals surface area contributed by atoms with Crippen molar-refractivity contribution in [1.29, 1.82) is 5.26 Å². The Labute approximate surface area is 253 Å². The molecule has 224 valence electrons. The zero-order valence-electron chi connectivity index (χ0n) is 24.5. The van der Waals surface area contributed by atoms with E-state index in [4.69, 9.17) is 9.15 Å². The molecule has 3 aromatic carbocycles. The molecule has 1 aliphatic heterocycles. The monoisotopic (exact) mass is 595 g/mol. The fourth-order valence-electron chi connectivity index (χ4n) is 6.23. The molecular formula is C34H30FN3O6. The molecule has 2 N–H and O–H groups in total. The van der Waals surface area contributed by atoms with Crippen molar-refractivity contribution in [2.45, 2.75) is 38.3 Å². The number of carboxylic acids is 1. The first-order chi connectivity index (χ1) is 21.0. The molecule has 4 aromatic rings. The number of hydrogen-bond acceptors (Lipinski definition) is 6. The average molecular weight is 596 g/mol. The average Bonchev–Trinajstić information content (AvgIpc) is 3.51. The van der Waals surface area contributed by atoms with E-state index in [1.807, 2.05) is 0 Å². The number of carbonyl (C=O) groups excluding carboxylic acids is 2. The van der Waals surface area contributed by atoms with Gasteiger partial charge in [-0.3, -0.25) is 9.69 Å². The number of nitrogens with one attached hydrogen (secondary N) is 1. The van der Waals surface area contributed by atoms with Gasteiger partial charge in [-0.15, -0.1) is 0 Å². The number of hydrogen-bond donors (Lipinski definition) is 2. The van der Waals surface area contributed by atoms with Crippen LogP contribution in [0.5, 0.6) is 5.75 Å². The van der Waals surface area contributed by atoms with Crippen LogP contribution in [0.4, 0.5) is 14.9 Å². The summed E-state index contributed by atoms with van der Waals surface area (Å²) in [5.41, 5.74) is -0.144. The molecule has 0 spiro atoms. The SMILES string of the molecule is COc1ccc(C2C(C(=O)c3cc(C)oc3C)C(c3ccc(C#N)cc3)N(C(=O)Nc3ccc(F)cc3)C2(C)C(=O)O)cc1. The minimum atomic E-state index is -1.97. The predicted octanol–water partition coefficient (Wildman–Crippen LogP) is 6.63. The standard InChI is InChI=1S/C34H30FN3O6/c1-19-17-27(20(2)44-19)31(39)28-29(22-9-15-26(43-4)16-10-22)34(3,32(40)41)38(30(28)23-7-5-21(18-36)6-8-23)33(42)37-25-13-11-24(35)12-14-25/h5-17,28-30H,1-4H3,(H,37,42)(H,40,41). The third-order valence-corrected chi connectivity index (χ3v) is 8.30. The molecule has 1 aliphatic rings. The van der Waals surface area contributed by atoms with Crippen LogP contribution in [0.15, 0.2) is 83.3 Å². The summed E-state index contributed by atoms with van der Waals surface area (Å²) >= 11 is 0. The lowest BCUT2D eigenvalue weighted by molar-refractivity contribution is -0.148. The number of methoxy groups -OCH3 is 1. The van der Waals surface area contributed by atoms with Gasteiger partial charge in [0.05, 0.1) is 36.3 Å². The highest BCUT2D eigenvalue weighted by molar-refractivity contribution is 6.04. The van der Waals surface area contributed by atoms with Gasteiger partial charge in [-0.25, -0.2) is 14.0 Å². The molecule has 5 rings (SSSR count). The van der Waals surface area contributed by atoms with Crippen molar-refractivity contribution >= 4 is 23.5 Å². The van der Waals surface area contributed by atoms with Gasteiger partial charge < -0.3 is 19.6 Å². The number of benzene rings is 3. The van der Waals surface area contributed by atoms with Gasteiger partial charge in [-0.2, -0.15) is 5.26 Å². The van der Waals surface area contributed by atoms with Crippen molar-refractivity contribution in [3.8, 4) is 11.8 Å². The van der Waals surface area contributed by atoms with E-state index in [1.54, 1.807) is 68.4 Å². The van der Waals surface area contributed by atoms with E-state index in [2.05, 4.69) is 11.4 Å². The molecule has 1 fully saturated rings. The number of aryl methyl sites for hydroxylation is 2. The van der Waals surface area contributed by atoms with Crippen LogP contribution >= 0.6 is 0 Å². The fourth-order valence-corrected chi connectivity index (χ4v) is 6.23. The van der Waals surface area contributed by atoms with E-state index in [0.29, 0.717) is 34.0 Å². The largest absolute Gasteiger partial charge is 0.497 e. The number of nitrogens with zero attached hydrogens (tertiary/aromatic N) is 2. The topological polar surface area (TPSA) is 133 Å². The zero-order chi connectivity index (χ0) is 31.8. The summed E-state index contributed by atoms with van der Waals surface area (Å²) in [4.78, 5) is 43.5. The van der Waals surface area contributed by atoms with Crippen LogP contribution < -0.4 is 10.1 Å². The smallest absolute Gasteiger partial charge is 0.330 e. The van der Waals surface area contributed by atoms with E-state index < -0.39 is 47.0 Å². The molecule has 1 saturated heterocycles. The van der Waals surface area contributed by atoms with E-state index >= 15 is 0 Å². The highest BCUT2D eigenvalue weighted by Crippen LogP contribution is 2.57. The van der Waals surface area contributed by atoms with Crippen molar-refractivity contribution in [2.75, 3.05) is 12.4 Å². The molecule has 2 heterocycles. The zero-order valence-corrected chi connectivity index (χ0v) is 24.5. The number of furan rings is 1. The maximum atomic E-state index is 14.6. The van der Waals surface area contributed by atoms with Gasteiger partial charge in [-0.05, 0) is 86.5 Å². The molecule has 4 atom stereocenters. The van der Waals surface area contributed by atoms with Crippen molar-refractivity contribution in [3.05, 3.63) is 118 Å². The third kappa shape index (κ3) is 5.17. The summed E-state index contributed by atoms with van der Waals surface area (Å²) in [7, 11) is 1.50. The van der Waals surface area contributed by atoms with E-state index in [-0.39, 0.29) is 11.3 Å². The maximum absolute atomic E-state index is 14.6. The van der Waals surface area contributed by atoms with E-state index in [9.17, 15) is 29.1 Å². The number of ether oxygens (including phenoxy) is 1. The fraction of sp³-hybridized carbons (Fsp3) is 0.235. The third-order valence-electron chi connectivity index (χ3n) is 8.30. The molecule has 10 heteroatoms. The Bertz CT molecular complexity index is 1760. The summed E-state index contributed by atoms with van der Waals surface area (Å²) in [5, 5.41) is 23.1. The van der Waals surface area contributed by atoms with Crippen molar-refractivity contribution in [3.63, 3.8) is 0 Å². The van der Waals surface area contributed by atoms with Crippen LogP contribution in [0.3, 0.4) is 0 Å². The molecule has 9 nitrogen and oxygen atoms in total. The molecule has 2 amide bonds. The molecule has 1 aromatic heterocycles. The van der Waals surface area contributed by atoms with Gasteiger partial charge >= 0.3 is 12.0 Å². The van der Waals surface area contributed by atoms with Gasteiger partial charge in [-0.1, -0.05) is 24.3 Å². The molecule has 0 aliphatic carbocycles. The van der Waals surface area contributed by atoms with E-state index in [0.717, 1.165) is 0 Å². The number of carboxylic acid groups (broad SMARTS) is 1. The number of Topliss-reactive ketones (excluding diaryl/α,β-unsaturated/α-hetero) is 1. The van der Waals surface area contributed by atoms with Gasteiger partial charge in [0.2, 0.25) is 0 Å². The second-order valence-corrected chi connectivity index (χ2v) is 10.9. The Hall–Kier alpha value is -5.43. The van der Waals surface area contributed by atoms with Crippen molar-refractivity contribution < 1.29 is 33.0 Å². The van der Waals surface area contributed by atoms with Gasteiger partial charge in [0, 0.05) is 11.6 Å². The van der Waals surface area contributed by atoms with Crippen molar-refractivity contribution in [1.82, 2.24) is 4.90 Å². The number of nitriles is 1. The lowest BCUT2D eigenvalue weighted by Gasteiger charge is -2.37. The summed E-state index contributed by atoms with van der Waals surface area (Å²) in [5.74, 6) is -2.99. The Morgan fingerprint density at radius 3 is 2.14 bits per heavy atom. The quantitative estimate of drug-likeness (QED) is 0.229. The number of amides is 2. The highest BCUT2D eigenvalue weighted by atomic mass is 19.1. The first-order valence-corrected chi connectivity index (χ1v) is 13.8. The molecular weight excluding hydrogens is 565 g/mol. The summed E-state index contributed by atoms with van der Waals surface area (Å²) in [6.07, 6.45) is 0. The lowest BCUT2D eigenvalue weighted by Crippen LogP contribution is -2.55.